The highest BCUT2D eigenvalue weighted by Crippen LogP contribution is 2.35. The molecule has 3 heterocycles. The van der Waals surface area contributed by atoms with Crippen molar-refractivity contribution in [2.45, 2.75) is 32.0 Å². The number of pyridine rings is 1. The van der Waals surface area contributed by atoms with Crippen LogP contribution in [0.2, 0.25) is 0 Å². The maximum Gasteiger partial charge on any atom is 0.101 e. The lowest BCUT2D eigenvalue weighted by Gasteiger charge is -2.49. The lowest BCUT2D eigenvalue weighted by molar-refractivity contribution is 0.101. The number of halogens is 1. The standard InChI is InChI=1S/C23H21BrN4/c1-15-12-27(22-7-5-17(11-25)23-21(22)3-2-8-26-23)14-20-10-16-4-6-19(24)9-18(16)13-28(15)20/h2-9,15,20H,10,12-14H2,1H3/t15-,20-/m0/s1. The zero-order valence-corrected chi connectivity index (χ0v) is 17.4. The summed E-state index contributed by atoms with van der Waals surface area (Å²) >= 11 is 3.61. The van der Waals surface area contributed by atoms with Crippen molar-refractivity contribution in [1.82, 2.24) is 9.88 Å². The third kappa shape index (κ3) is 2.88. The monoisotopic (exact) mass is 432 g/mol. The summed E-state index contributed by atoms with van der Waals surface area (Å²) in [6.45, 7) is 5.32. The average Bonchev–Trinajstić information content (AvgIpc) is 2.71. The second-order valence-electron chi connectivity index (χ2n) is 7.84. The normalized spacial score (nSPS) is 21.8. The fourth-order valence-corrected chi connectivity index (χ4v) is 5.20. The third-order valence-electron chi connectivity index (χ3n) is 6.14. The van der Waals surface area contributed by atoms with Crippen LogP contribution in [-0.2, 0) is 13.0 Å². The number of aromatic nitrogens is 1. The van der Waals surface area contributed by atoms with Gasteiger partial charge in [-0.05, 0) is 60.9 Å². The van der Waals surface area contributed by atoms with Gasteiger partial charge in [-0.1, -0.05) is 22.0 Å². The van der Waals surface area contributed by atoms with Crippen molar-refractivity contribution in [2.75, 3.05) is 18.0 Å². The van der Waals surface area contributed by atoms with Crippen molar-refractivity contribution in [3.8, 4) is 6.07 Å². The maximum absolute atomic E-state index is 9.43. The molecule has 0 spiro atoms. The third-order valence-corrected chi connectivity index (χ3v) is 6.63. The first-order valence-electron chi connectivity index (χ1n) is 9.70. The molecule has 2 aliphatic rings. The zero-order valence-electron chi connectivity index (χ0n) is 15.8. The van der Waals surface area contributed by atoms with Crippen LogP contribution in [-0.4, -0.2) is 35.1 Å². The second kappa shape index (κ2) is 6.88. The Kier molecular flexibility index (Phi) is 4.34. The van der Waals surface area contributed by atoms with E-state index in [4.69, 9.17) is 0 Å². The summed E-state index contributed by atoms with van der Waals surface area (Å²) in [5.41, 5.74) is 5.54. The molecule has 0 radical (unpaired) electrons. The summed E-state index contributed by atoms with van der Waals surface area (Å²) < 4.78 is 1.16. The average molecular weight is 433 g/mol. The lowest BCUT2D eigenvalue weighted by atomic mass is 9.90. The van der Waals surface area contributed by atoms with Crippen LogP contribution in [0.3, 0.4) is 0 Å². The number of piperazine rings is 1. The molecule has 0 bridgehead atoms. The molecule has 4 nitrogen and oxygen atoms in total. The Balaban J connectivity index is 1.51. The summed E-state index contributed by atoms with van der Waals surface area (Å²) in [5.74, 6) is 0. The Hall–Kier alpha value is -2.42. The van der Waals surface area contributed by atoms with Crippen molar-refractivity contribution in [3.63, 3.8) is 0 Å². The van der Waals surface area contributed by atoms with Crippen LogP contribution in [0.1, 0.15) is 23.6 Å². The van der Waals surface area contributed by atoms with Gasteiger partial charge in [0.25, 0.3) is 0 Å². The number of rotatable bonds is 1. The van der Waals surface area contributed by atoms with E-state index in [2.05, 4.69) is 74.0 Å². The molecule has 3 aromatic rings. The first kappa shape index (κ1) is 17.7. The van der Waals surface area contributed by atoms with Crippen molar-refractivity contribution in [2.24, 2.45) is 0 Å². The van der Waals surface area contributed by atoms with Gasteiger partial charge in [0.05, 0.1) is 11.1 Å². The smallest absolute Gasteiger partial charge is 0.101 e. The molecule has 0 saturated carbocycles. The largest absolute Gasteiger partial charge is 0.368 e. The van der Waals surface area contributed by atoms with Crippen LogP contribution in [0.5, 0.6) is 0 Å². The number of anilines is 1. The molecule has 28 heavy (non-hydrogen) atoms. The molecular weight excluding hydrogens is 412 g/mol. The molecule has 5 rings (SSSR count). The van der Waals surface area contributed by atoms with Crippen molar-refractivity contribution in [3.05, 3.63) is 69.8 Å². The van der Waals surface area contributed by atoms with Crippen molar-refractivity contribution < 1.29 is 0 Å². The predicted octanol–water partition coefficient (Wildman–Crippen LogP) is 4.50. The number of nitrogens with zero attached hydrogens (tertiary/aromatic N) is 4. The number of hydrogen-bond acceptors (Lipinski definition) is 4. The number of fused-ring (bicyclic) bond motifs is 3. The van der Waals surface area contributed by atoms with Crippen LogP contribution in [0.25, 0.3) is 10.9 Å². The molecule has 2 aliphatic heterocycles. The molecule has 140 valence electrons. The SMILES string of the molecule is C[C@H]1CN(c2ccc(C#N)c3ncccc23)C[C@@H]2Cc3ccc(Br)cc3CN21. The van der Waals surface area contributed by atoms with E-state index in [0.717, 1.165) is 41.4 Å². The topological polar surface area (TPSA) is 43.2 Å². The molecule has 2 aromatic carbocycles. The van der Waals surface area contributed by atoms with E-state index in [1.165, 1.54) is 16.8 Å². The molecule has 5 heteroatoms. The van der Waals surface area contributed by atoms with E-state index in [1.54, 1.807) is 6.20 Å². The Morgan fingerprint density at radius 3 is 2.89 bits per heavy atom. The Labute approximate surface area is 173 Å². The molecule has 0 N–H and O–H groups in total. The van der Waals surface area contributed by atoms with Gasteiger partial charge < -0.3 is 4.90 Å². The number of nitriles is 1. The minimum atomic E-state index is 0.466. The van der Waals surface area contributed by atoms with Crippen molar-refractivity contribution >= 4 is 32.5 Å². The highest BCUT2D eigenvalue weighted by Gasteiger charge is 2.36. The predicted molar refractivity (Wildman–Crippen MR) is 115 cm³/mol. The van der Waals surface area contributed by atoms with Crippen molar-refractivity contribution in [1.29, 1.82) is 5.26 Å². The Bertz CT molecular complexity index is 1100. The van der Waals surface area contributed by atoms with Gasteiger partial charge in [-0.3, -0.25) is 9.88 Å². The Morgan fingerprint density at radius 1 is 1.14 bits per heavy atom. The molecule has 2 atom stereocenters. The first-order valence-corrected chi connectivity index (χ1v) is 10.5. The van der Waals surface area contributed by atoms with E-state index in [9.17, 15) is 5.26 Å². The van der Waals surface area contributed by atoms with Crippen LogP contribution in [0, 0.1) is 11.3 Å². The molecule has 0 amide bonds. The van der Waals surface area contributed by atoms with Gasteiger partial charge in [0.15, 0.2) is 0 Å². The van der Waals surface area contributed by atoms with Gasteiger partial charge in [0.1, 0.15) is 6.07 Å². The minimum Gasteiger partial charge on any atom is -0.368 e. The lowest BCUT2D eigenvalue weighted by Crippen LogP contribution is -2.59. The summed E-state index contributed by atoms with van der Waals surface area (Å²) in [6.07, 6.45) is 2.85. The van der Waals surface area contributed by atoms with E-state index < -0.39 is 0 Å². The summed E-state index contributed by atoms with van der Waals surface area (Å²) in [4.78, 5) is 9.62. The van der Waals surface area contributed by atoms with E-state index in [1.807, 2.05) is 12.1 Å². The highest BCUT2D eigenvalue weighted by molar-refractivity contribution is 9.10. The molecule has 0 unspecified atom stereocenters. The molecule has 0 aliphatic carbocycles. The van der Waals surface area contributed by atoms with Crippen LogP contribution in [0.4, 0.5) is 5.69 Å². The number of benzene rings is 2. The fraction of sp³-hybridized carbons (Fsp3) is 0.304. The number of hydrogen-bond donors (Lipinski definition) is 0. The summed E-state index contributed by atoms with van der Waals surface area (Å²) in [6, 6.07) is 18.0. The minimum absolute atomic E-state index is 0.466. The van der Waals surface area contributed by atoms with Gasteiger partial charge in [0.2, 0.25) is 0 Å². The first-order chi connectivity index (χ1) is 13.6. The van der Waals surface area contributed by atoms with Gasteiger partial charge in [-0.2, -0.15) is 5.26 Å². The maximum atomic E-state index is 9.43. The second-order valence-corrected chi connectivity index (χ2v) is 8.76. The van der Waals surface area contributed by atoms with Crippen LogP contribution >= 0.6 is 15.9 Å². The molecule has 1 saturated heterocycles. The van der Waals surface area contributed by atoms with E-state index >= 15 is 0 Å². The van der Waals surface area contributed by atoms with E-state index in [0.29, 0.717) is 17.6 Å². The fourth-order valence-electron chi connectivity index (χ4n) is 4.80. The van der Waals surface area contributed by atoms with Crippen LogP contribution < -0.4 is 4.90 Å². The zero-order chi connectivity index (χ0) is 19.3. The molecular formula is C23H21BrN4. The van der Waals surface area contributed by atoms with Gasteiger partial charge in [-0.25, -0.2) is 0 Å². The summed E-state index contributed by atoms with van der Waals surface area (Å²) in [7, 11) is 0. The van der Waals surface area contributed by atoms with Gasteiger partial charge in [-0.15, -0.1) is 0 Å². The quantitative estimate of drug-likeness (QED) is 0.567. The highest BCUT2D eigenvalue weighted by atomic mass is 79.9. The molecule has 1 fully saturated rings. The summed E-state index contributed by atoms with van der Waals surface area (Å²) in [5, 5.41) is 10.5. The Morgan fingerprint density at radius 2 is 2.04 bits per heavy atom. The molecule has 1 aromatic heterocycles. The van der Waals surface area contributed by atoms with Gasteiger partial charge >= 0.3 is 0 Å². The van der Waals surface area contributed by atoms with Gasteiger partial charge in [0, 0.05) is 53.5 Å². The van der Waals surface area contributed by atoms with Crippen LogP contribution in [0.15, 0.2) is 53.1 Å². The van der Waals surface area contributed by atoms with E-state index in [-0.39, 0.29) is 0 Å².